The van der Waals surface area contributed by atoms with Gasteiger partial charge >= 0.3 is 5.97 Å². The van der Waals surface area contributed by atoms with Crippen molar-refractivity contribution in [3.05, 3.63) is 24.3 Å². The number of ether oxygens (including phenoxy) is 1. The van der Waals surface area contributed by atoms with Gasteiger partial charge in [0.25, 0.3) is 0 Å². The molecule has 6 nitrogen and oxygen atoms in total. The van der Waals surface area contributed by atoms with Crippen LogP contribution < -0.4 is 0 Å². The van der Waals surface area contributed by atoms with Crippen LogP contribution in [0.25, 0.3) is 0 Å². The Labute approximate surface area is 132 Å². The highest BCUT2D eigenvalue weighted by molar-refractivity contribution is 5.75. The molecule has 5 atom stereocenters. The molecule has 0 N–H and O–H groups in total. The van der Waals surface area contributed by atoms with Crippen molar-refractivity contribution in [2.24, 2.45) is 34.0 Å². The SMILES string of the molecule is N#CC1(C#N)C2C=CC(C34CC(=O)OC3C=CC24)C1(C#N)C#N. The first-order valence-corrected chi connectivity index (χ1v) is 7.27. The summed E-state index contributed by atoms with van der Waals surface area (Å²) in [6.45, 7) is 0. The van der Waals surface area contributed by atoms with Gasteiger partial charge in [-0.25, -0.2) is 0 Å². The molecule has 23 heavy (non-hydrogen) atoms. The van der Waals surface area contributed by atoms with E-state index in [0.717, 1.165) is 0 Å². The quantitative estimate of drug-likeness (QED) is 0.492. The van der Waals surface area contributed by atoms with Crippen LogP contribution in [0.2, 0.25) is 0 Å². The highest BCUT2D eigenvalue weighted by Crippen LogP contribution is 2.73. The fourth-order valence-corrected chi connectivity index (χ4v) is 5.21. The molecular formula is C17H10N4O2. The Balaban J connectivity index is 2.05. The molecule has 2 fully saturated rings. The average molecular weight is 302 g/mol. The Hall–Kier alpha value is -3.09. The predicted molar refractivity (Wildman–Crippen MR) is 73.0 cm³/mol. The van der Waals surface area contributed by atoms with E-state index in [9.17, 15) is 25.8 Å². The van der Waals surface area contributed by atoms with Gasteiger partial charge in [0.05, 0.1) is 30.7 Å². The highest BCUT2D eigenvalue weighted by Gasteiger charge is 2.79. The van der Waals surface area contributed by atoms with Crippen LogP contribution >= 0.6 is 0 Å². The first-order valence-electron chi connectivity index (χ1n) is 7.27. The van der Waals surface area contributed by atoms with Crippen LogP contribution in [0.4, 0.5) is 0 Å². The molecule has 1 heterocycles. The number of hydrogen-bond donors (Lipinski definition) is 0. The van der Waals surface area contributed by atoms with Crippen LogP contribution in [0.15, 0.2) is 24.3 Å². The summed E-state index contributed by atoms with van der Waals surface area (Å²) in [5, 5.41) is 39.1. The van der Waals surface area contributed by atoms with Crippen molar-refractivity contribution in [2.75, 3.05) is 0 Å². The van der Waals surface area contributed by atoms with Gasteiger partial charge in [-0.1, -0.05) is 18.2 Å². The molecule has 110 valence electrons. The van der Waals surface area contributed by atoms with Gasteiger partial charge in [0.15, 0.2) is 10.8 Å². The van der Waals surface area contributed by atoms with Gasteiger partial charge in [-0.05, 0) is 12.0 Å². The summed E-state index contributed by atoms with van der Waals surface area (Å²) in [5.41, 5.74) is -4.31. The first-order chi connectivity index (χ1) is 11.1. The summed E-state index contributed by atoms with van der Waals surface area (Å²) in [4.78, 5) is 11.9. The maximum absolute atomic E-state index is 11.9. The molecule has 5 aliphatic rings. The zero-order chi connectivity index (χ0) is 16.5. The van der Waals surface area contributed by atoms with Gasteiger partial charge < -0.3 is 4.74 Å². The van der Waals surface area contributed by atoms with Crippen LogP contribution in [0.1, 0.15) is 6.42 Å². The molecule has 0 aromatic heterocycles. The lowest BCUT2D eigenvalue weighted by Gasteiger charge is -2.59. The van der Waals surface area contributed by atoms with Crippen molar-refractivity contribution in [1.82, 2.24) is 0 Å². The van der Waals surface area contributed by atoms with Gasteiger partial charge in [-0.15, -0.1) is 0 Å². The fourth-order valence-electron chi connectivity index (χ4n) is 5.21. The van der Waals surface area contributed by atoms with E-state index >= 15 is 0 Å². The van der Waals surface area contributed by atoms with E-state index in [1.807, 2.05) is 30.4 Å². The predicted octanol–water partition coefficient (Wildman–Crippen LogP) is 1.36. The maximum Gasteiger partial charge on any atom is 0.307 e. The molecule has 6 heteroatoms. The number of hydrogen-bond acceptors (Lipinski definition) is 6. The minimum atomic E-state index is -1.81. The highest BCUT2D eigenvalue weighted by atomic mass is 16.6. The number of carbonyl (C=O) groups is 1. The van der Waals surface area contributed by atoms with Crippen LogP contribution in [0.5, 0.6) is 0 Å². The molecule has 1 saturated heterocycles. The zero-order valence-corrected chi connectivity index (χ0v) is 11.9. The first kappa shape index (κ1) is 13.6. The third-order valence-electron chi connectivity index (χ3n) is 6.12. The van der Waals surface area contributed by atoms with E-state index in [4.69, 9.17) is 4.74 Å². The monoisotopic (exact) mass is 302 g/mol. The molecule has 0 aromatic rings. The van der Waals surface area contributed by atoms with Crippen molar-refractivity contribution in [3.63, 3.8) is 0 Å². The largest absolute Gasteiger partial charge is 0.457 e. The minimum absolute atomic E-state index is 0.0961. The van der Waals surface area contributed by atoms with Gasteiger partial charge in [0, 0.05) is 17.3 Å². The molecule has 0 amide bonds. The minimum Gasteiger partial charge on any atom is -0.457 e. The molecule has 0 radical (unpaired) electrons. The van der Waals surface area contributed by atoms with Crippen molar-refractivity contribution in [2.45, 2.75) is 12.5 Å². The second kappa shape index (κ2) is 3.81. The van der Waals surface area contributed by atoms with E-state index in [1.54, 1.807) is 18.2 Å². The number of nitriles is 4. The molecule has 0 aromatic carbocycles. The fraction of sp³-hybridized carbons (Fsp3) is 0.471. The van der Waals surface area contributed by atoms with Crippen molar-refractivity contribution >= 4 is 5.97 Å². The van der Waals surface area contributed by atoms with Gasteiger partial charge in [-0.3, -0.25) is 4.79 Å². The molecule has 1 spiro atoms. The Morgan fingerprint density at radius 3 is 2.13 bits per heavy atom. The molecule has 5 rings (SSSR count). The number of carbonyl (C=O) groups excluding carboxylic acids is 1. The van der Waals surface area contributed by atoms with Crippen molar-refractivity contribution in [1.29, 1.82) is 21.0 Å². The smallest absolute Gasteiger partial charge is 0.307 e. The topological polar surface area (TPSA) is 121 Å². The van der Waals surface area contributed by atoms with Crippen LogP contribution in [-0.4, -0.2) is 12.1 Å². The molecule has 5 unspecified atom stereocenters. The number of fused-ring (bicyclic) bond motifs is 1. The van der Waals surface area contributed by atoms with Crippen LogP contribution in [-0.2, 0) is 9.53 Å². The molecule has 1 aliphatic heterocycles. The number of nitrogens with zero attached hydrogens (tertiary/aromatic N) is 4. The summed E-state index contributed by atoms with van der Waals surface area (Å²) in [5.74, 6) is -1.94. The lowest BCUT2D eigenvalue weighted by molar-refractivity contribution is -0.140. The summed E-state index contributed by atoms with van der Waals surface area (Å²) in [7, 11) is 0. The van der Waals surface area contributed by atoms with E-state index in [2.05, 4.69) is 0 Å². The lowest BCUT2D eigenvalue weighted by atomic mass is 9.37. The van der Waals surface area contributed by atoms with Gasteiger partial charge in [0.1, 0.15) is 6.10 Å². The second-order valence-electron chi connectivity index (χ2n) is 6.56. The number of esters is 1. The van der Waals surface area contributed by atoms with Gasteiger partial charge in [-0.2, -0.15) is 21.0 Å². The van der Waals surface area contributed by atoms with E-state index in [1.165, 1.54) is 0 Å². The molecule has 1 saturated carbocycles. The molecular weight excluding hydrogens is 292 g/mol. The molecule has 4 aliphatic carbocycles. The average Bonchev–Trinajstić information content (AvgIpc) is 3.08. The third-order valence-corrected chi connectivity index (χ3v) is 6.12. The summed E-state index contributed by atoms with van der Waals surface area (Å²) in [6, 6.07) is 7.90. The Bertz CT molecular complexity index is 831. The molecule has 2 bridgehead atoms. The summed E-state index contributed by atoms with van der Waals surface area (Å²) >= 11 is 0. The lowest BCUT2D eigenvalue weighted by Crippen LogP contribution is -2.65. The van der Waals surface area contributed by atoms with E-state index in [0.29, 0.717) is 0 Å². The third kappa shape index (κ3) is 1.08. The van der Waals surface area contributed by atoms with Crippen molar-refractivity contribution < 1.29 is 9.53 Å². The number of rotatable bonds is 0. The van der Waals surface area contributed by atoms with E-state index in [-0.39, 0.29) is 18.3 Å². The summed E-state index contributed by atoms with van der Waals surface area (Å²) < 4.78 is 5.37. The summed E-state index contributed by atoms with van der Waals surface area (Å²) in [6.07, 6.45) is 6.73. The zero-order valence-electron chi connectivity index (χ0n) is 11.9. The Morgan fingerprint density at radius 1 is 0.913 bits per heavy atom. The van der Waals surface area contributed by atoms with Crippen LogP contribution in [0, 0.1) is 79.3 Å². The van der Waals surface area contributed by atoms with E-state index < -0.39 is 34.2 Å². The number of allylic oxidation sites excluding steroid dienone is 3. The Kier molecular flexibility index (Phi) is 2.25. The van der Waals surface area contributed by atoms with Crippen LogP contribution in [0.3, 0.4) is 0 Å². The Morgan fingerprint density at radius 2 is 1.52 bits per heavy atom. The second-order valence-corrected chi connectivity index (χ2v) is 6.56. The standard InChI is InChI=1S/C17H10N4O2/c18-6-15(7-19)10-1-3-12(16(15,8-20)9-21)17-5-14(22)23-13(17)4-2-11(10)17/h1-4,10-13H,5H2. The van der Waals surface area contributed by atoms with Crippen molar-refractivity contribution in [3.8, 4) is 24.3 Å². The maximum atomic E-state index is 11.9. The normalized spacial score (nSPS) is 42.5. The van der Waals surface area contributed by atoms with Gasteiger partial charge in [0.2, 0.25) is 0 Å².